The third-order valence-corrected chi connectivity index (χ3v) is 6.14. The Morgan fingerprint density at radius 2 is 1.79 bits per heavy atom. The maximum absolute atomic E-state index is 12.6. The molecule has 1 aliphatic heterocycles. The molecule has 3 aromatic carbocycles. The number of rotatable bonds is 6. The Kier molecular flexibility index (Phi) is 6.72. The second kappa shape index (κ2) is 9.87. The fourth-order valence-corrected chi connectivity index (χ4v) is 4.37. The molecule has 0 radical (unpaired) electrons. The van der Waals surface area contributed by atoms with Crippen LogP contribution >= 0.6 is 0 Å². The average molecular weight is 460 g/mol. The van der Waals surface area contributed by atoms with Crippen molar-refractivity contribution < 1.29 is 19.4 Å². The SMILES string of the molecule is COc1ccc(C(=O)Nc2ccc(N3CCN(c4cccc(C)c4)[C@H](C)C3)c(C(=O)O)c2)cc1. The molecule has 0 saturated carbocycles. The molecule has 7 nitrogen and oxygen atoms in total. The number of amides is 1. The Morgan fingerprint density at radius 3 is 2.44 bits per heavy atom. The summed E-state index contributed by atoms with van der Waals surface area (Å²) in [6.07, 6.45) is 0. The Balaban J connectivity index is 1.50. The van der Waals surface area contributed by atoms with Crippen molar-refractivity contribution in [1.82, 2.24) is 0 Å². The summed E-state index contributed by atoms with van der Waals surface area (Å²) in [7, 11) is 1.56. The first-order chi connectivity index (χ1) is 16.4. The molecule has 3 aromatic rings. The van der Waals surface area contributed by atoms with Gasteiger partial charge in [0, 0.05) is 42.6 Å². The van der Waals surface area contributed by atoms with Crippen molar-refractivity contribution >= 4 is 28.9 Å². The van der Waals surface area contributed by atoms with Gasteiger partial charge in [-0.05, 0) is 74.0 Å². The molecule has 1 aliphatic rings. The molecule has 0 spiro atoms. The van der Waals surface area contributed by atoms with Gasteiger partial charge in [-0.1, -0.05) is 12.1 Å². The summed E-state index contributed by atoms with van der Waals surface area (Å²) in [5.41, 5.74) is 4.13. The molecule has 2 N–H and O–H groups in total. The molecule has 0 bridgehead atoms. The molecule has 0 aromatic heterocycles. The van der Waals surface area contributed by atoms with Crippen LogP contribution in [0.4, 0.5) is 17.1 Å². The minimum atomic E-state index is -1.02. The standard InChI is InChI=1S/C27H29N3O4/c1-18-5-4-6-22(15-18)30-14-13-29(17-19(30)2)25-12-9-21(16-24(25)27(32)33)28-26(31)20-7-10-23(34-3)11-8-20/h4-12,15-16,19H,13-14,17H2,1-3H3,(H,28,31)(H,32,33)/t19-/m1/s1. The number of carbonyl (C=O) groups is 2. The highest BCUT2D eigenvalue weighted by Crippen LogP contribution is 2.29. The van der Waals surface area contributed by atoms with Crippen molar-refractivity contribution in [3.8, 4) is 5.75 Å². The van der Waals surface area contributed by atoms with Gasteiger partial charge in [0.1, 0.15) is 5.75 Å². The number of methoxy groups -OCH3 is 1. The van der Waals surface area contributed by atoms with Gasteiger partial charge in [0.2, 0.25) is 0 Å². The quantitative estimate of drug-likeness (QED) is 0.558. The van der Waals surface area contributed by atoms with Gasteiger partial charge in [-0.3, -0.25) is 4.79 Å². The molecule has 1 heterocycles. The second-order valence-electron chi connectivity index (χ2n) is 8.55. The number of ether oxygens (including phenoxy) is 1. The number of benzene rings is 3. The number of nitrogens with one attached hydrogen (secondary N) is 1. The third-order valence-electron chi connectivity index (χ3n) is 6.14. The van der Waals surface area contributed by atoms with Gasteiger partial charge < -0.3 is 25.0 Å². The number of aryl methyl sites for hydroxylation is 1. The van der Waals surface area contributed by atoms with Crippen molar-refractivity contribution in [2.24, 2.45) is 0 Å². The number of carboxylic acid groups (broad SMARTS) is 1. The van der Waals surface area contributed by atoms with Gasteiger partial charge >= 0.3 is 5.97 Å². The zero-order chi connectivity index (χ0) is 24.2. The highest BCUT2D eigenvalue weighted by atomic mass is 16.5. The van der Waals surface area contributed by atoms with Gasteiger partial charge in [-0.2, -0.15) is 0 Å². The van der Waals surface area contributed by atoms with E-state index in [2.05, 4.69) is 53.2 Å². The number of nitrogens with zero attached hydrogens (tertiary/aromatic N) is 2. The van der Waals surface area contributed by atoms with E-state index in [9.17, 15) is 14.7 Å². The predicted molar refractivity (Wildman–Crippen MR) is 135 cm³/mol. The topological polar surface area (TPSA) is 82.1 Å². The fourth-order valence-electron chi connectivity index (χ4n) is 4.37. The minimum absolute atomic E-state index is 0.170. The van der Waals surface area contributed by atoms with Gasteiger partial charge in [0.05, 0.1) is 18.4 Å². The van der Waals surface area contributed by atoms with Gasteiger partial charge in [0.15, 0.2) is 0 Å². The predicted octanol–water partition coefficient (Wildman–Crippen LogP) is 4.67. The van der Waals surface area contributed by atoms with Gasteiger partial charge in [-0.15, -0.1) is 0 Å². The number of piperazine rings is 1. The lowest BCUT2D eigenvalue weighted by Gasteiger charge is -2.42. The first kappa shape index (κ1) is 23.2. The normalized spacial score (nSPS) is 15.7. The zero-order valence-electron chi connectivity index (χ0n) is 19.6. The van der Waals surface area contributed by atoms with E-state index >= 15 is 0 Å². The van der Waals surface area contributed by atoms with Crippen LogP contribution < -0.4 is 19.9 Å². The van der Waals surface area contributed by atoms with Crippen molar-refractivity contribution in [1.29, 1.82) is 0 Å². The van der Waals surface area contributed by atoms with Crippen LogP contribution in [0.2, 0.25) is 0 Å². The summed E-state index contributed by atoms with van der Waals surface area (Å²) in [6, 6.07) is 20.4. The maximum atomic E-state index is 12.6. The van der Waals surface area contributed by atoms with Crippen LogP contribution in [0.5, 0.6) is 5.75 Å². The molecule has 1 fully saturated rings. The molecular weight excluding hydrogens is 430 g/mol. The molecular formula is C27H29N3O4. The number of hydrogen-bond donors (Lipinski definition) is 2. The maximum Gasteiger partial charge on any atom is 0.337 e. The molecule has 1 atom stereocenters. The average Bonchev–Trinajstić information content (AvgIpc) is 2.84. The lowest BCUT2D eigenvalue weighted by atomic mass is 10.1. The molecule has 0 unspecified atom stereocenters. The Morgan fingerprint density at radius 1 is 1.03 bits per heavy atom. The van der Waals surface area contributed by atoms with E-state index < -0.39 is 5.97 Å². The van der Waals surface area contributed by atoms with Crippen molar-refractivity contribution in [2.75, 3.05) is 41.9 Å². The summed E-state index contributed by atoms with van der Waals surface area (Å²) in [6.45, 7) is 6.43. The van der Waals surface area contributed by atoms with Crippen LogP contribution in [0.25, 0.3) is 0 Å². The molecule has 7 heteroatoms. The Hall–Kier alpha value is -4.00. The molecule has 1 amide bonds. The van der Waals surface area contributed by atoms with E-state index in [0.717, 1.165) is 6.54 Å². The lowest BCUT2D eigenvalue weighted by Crippen LogP contribution is -2.52. The van der Waals surface area contributed by atoms with E-state index in [0.29, 0.717) is 35.8 Å². The Labute approximate surface area is 199 Å². The summed E-state index contributed by atoms with van der Waals surface area (Å²) >= 11 is 0. The van der Waals surface area contributed by atoms with E-state index in [-0.39, 0.29) is 17.5 Å². The third kappa shape index (κ3) is 4.98. The summed E-state index contributed by atoms with van der Waals surface area (Å²) in [4.78, 5) is 29.1. The van der Waals surface area contributed by atoms with Crippen LogP contribution in [0.15, 0.2) is 66.7 Å². The first-order valence-electron chi connectivity index (χ1n) is 11.3. The summed E-state index contributed by atoms with van der Waals surface area (Å²) < 4.78 is 5.12. The van der Waals surface area contributed by atoms with E-state index in [1.165, 1.54) is 17.3 Å². The summed E-state index contributed by atoms with van der Waals surface area (Å²) in [5, 5.41) is 12.7. The van der Waals surface area contributed by atoms with Crippen LogP contribution in [0, 0.1) is 6.92 Å². The van der Waals surface area contributed by atoms with Crippen LogP contribution in [0.3, 0.4) is 0 Å². The zero-order valence-corrected chi connectivity index (χ0v) is 19.6. The monoisotopic (exact) mass is 459 g/mol. The van der Waals surface area contributed by atoms with Crippen LogP contribution in [-0.4, -0.2) is 49.8 Å². The van der Waals surface area contributed by atoms with Crippen molar-refractivity contribution in [2.45, 2.75) is 19.9 Å². The number of carboxylic acids is 1. The largest absolute Gasteiger partial charge is 0.497 e. The number of carbonyl (C=O) groups excluding carboxylic acids is 1. The minimum Gasteiger partial charge on any atom is -0.497 e. The van der Waals surface area contributed by atoms with Crippen LogP contribution in [-0.2, 0) is 0 Å². The smallest absolute Gasteiger partial charge is 0.337 e. The highest BCUT2D eigenvalue weighted by molar-refractivity contribution is 6.05. The Bertz CT molecular complexity index is 1190. The second-order valence-corrected chi connectivity index (χ2v) is 8.55. The highest BCUT2D eigenvalue weighted by Gasteiger charge is 2.27. The first-order valence-corrected chi connectivity index (χ1v) is 11.3. The molecule has 34 heavy (non-hydrogen) atoms. The van der Waals surface area contributed by atoms with E-state index in [1.54, 1.807) is 43.5 Å². The van der Waals surface area contributed by atoms with Crippen LogP contribution in [0.1, 0.15) is 33.2 Å². The number of hydrogen-bond acceptors (Lipinski definition) is 5. The lowest BCUT2D eigenvalue weighted by molar-refractivity contribution is 0.0697. The van der Waals surface area contributed by atoms with Gasteiger partial charge in [0.25, 0.3) is 5.91 Å². The van der Waals surface area contributed by atoms with Crippen molar-refractivity contribution in [3.63, 3.8) is 0 Å². The molecule has 176 valence electrons. The number of aromatic carboxylic acids is 1. The number of anilines is 3. The molecule has 1 saturated heterocycles. The summed E-state index contributed by atoms with van der Waals surface area (Å²) in [5.74, 6) is -0.678. The van der Waals surface area contributed by atoms with E-state index in [1.807, 2.05) is 0 Å². The van der Waals surface area contributed by atoms with Gasteiger partial charge in [-0.25, -0.2) is 4.79 Å². The molecule has 0 aliphatic carbocycles. The van der Waals surface area contributed by atoms with Crippen molar-refractivity contribution in [3.05, 3.63) is 83.4 Å². The molecule has 4 rings (SSSR count). The fraction of sp³-hybridized carbons (Fsp3) is 0.259. The van der Waals surface area contributed by atoms with E-state index in [4.69, 9.17) is 4.74 Å².